The van der Waals surface area contributed by atoms with Gasteiger partial charge in [0.1, 0.15) is 11.4 Å². The van der Waals surface area contributed by atoms with Crippen LogP contribution in [0.2, 0.25) is 0 Å². The average molecular weight is 533 g/mol. The number of anilines is 1. The number of methoxy groups -OCH3 is 1. The third kappa shape index (κ3) is 6.80. The van der Waals surface area contributed by atoms with E-state index >= 15 is 0 Å². The molecule has 1 atom stereocenters. The molecule has 208 valence electrons. The lowest BCUT2D eigenvalue weighted by Gasteiger charge is -2.32. The van der Waals surface area contributed by atoms with Crippen LogP contribution in [0.3, 0.4) is 0 Å². The van der Waals surface area contributed by atoms with Gasteiger partial charge in [0.15, 0.2) is 0 Å². The number of carbonyl (C=O) groups excluding carboxylic acids is 1. The standard InChI is InChI=1S/C31H40N4O4/c1-21(2)29-25(20-35(33-29)26-12-8-9-13-27(26)39-4)30(22-10-6-5-7-11-22)32-24-16-14-23(15-17-24)31(38)34(3)19-18-28(36)37/h8-9,12-17,20-22,30,32H,5-7,10-11,18-19H2,1-4H3,(H,36,37). The van der Waals surface area contributed by atoms with Crippen molar-refractivity contribution in [2.75, 3.05) is 26.0 Å². The number of aromatic nitrogens is 2. The van der Waals surface area contributed by atoms with Crippen LogP contribution in [0.1, 0.15) is 85.9 Å². The quantitative estimate of drug-likeness (QED) is 0.302. The van der Waals surface area contributed by atoms with E-state index in [1.165, 1.54) is 29.7 Å². The summed E-state index contributed by atoms with van der Waals surface area (Å²) in [6.07, 6.45) is 8.08. The number of para-hydroxylation sites is 2. The van der Waals surface area contributed by atoms with Crippen LogP contribution >= 0.6 is 0 Å². The van der Waals surface area contributed by atoms with E-state index in [1.807, 2.05) is 53.2 Å². The number of carboxylic acid groups (broad SMARTS) is 1. The van der Waals surface area contributed by atoms with E-state index in [-0.39, 0.29) is 30.8 Å². The van der Waals surface area contributed by atoms with Crippen molar-refractivity contribution < 1.29 is 19.4 Å². The minimum absolute atomic E-state index is 0.0750. The molecule has 8 nitrogen and oxygen atoms in total. The molecule has 2 N–H and O–H groups in total. The van der Waals surface area contributed by atoms with Crippen LogP contribution in [-0.4, -0.2) is 52.4 Å². The highest BCUT2D eigenvalue weighted by molar-refractivity contribution is 5.94. The van der Waals surface area contributed by atoms with E-state index in [4.69, 9.17) is 14.9 Å². The molecule has 1 aliphatic carbocycles. The Morgan fingerprint density at radius 3 is 2.44 bits per heavy atom. The number of carbonyl (C=O) groups is 2. The molecule has 2 aromatic carbocycles. The molecule has 1 heterocycles. The van der Waals surface area contributed by atoms with Crippen molar-refractivity contribution in [1.29, 1.82) is 0 Å². The molecule has 1 unspecified atom stereocenters. The molecule has 8 heteroatoms. The Balaban J connectivity index is 1.64. The normalized spacial score (nSPS) is 14.7. The van der Waals surface area contributed by atoms with Gasteiger partial charge in [-0.05, 0) is 61.1 Å². The summed E-state index contributed by atoms with van der Waals surface area (Å²) in [6, 6.07) is 15.5. The molecule has 0 saturated heterocycles. The van der Waals surface area contributed by atoms with Crippen molar-refractivity contribution in [3.63, 3.8) is 0 Å². The molecule has 1 saturated carbocycles. The summed E-state index contributed by atoms with van der Waals surface area (Å²) in [5.74, 6) is 0.377. The molecule has 0 spiro atoms. The average Bonchev–Trinajstić information content (AvgIpc) is 3.40. The molecular formula is C31H40N4O4. The Morgan fingerprint density at radius 1 is 1.10 bits per heavy atom. The van der Waals surface area contributed by atoms with Gasteiger partial charge in [0.05, 0.1) is 25.3 Å². The van der Waals surface area contributed by atoms with E-state index in [9.17, 15) is 9.59 Å². The molecule has 1 aliphatic rings. The first-order chi connectivity index (χ1) is 18.8. The molecule has 0 radical (unpaired) electrons. The molecule has 4 rings (SSSR count). The van der Waals surface area contributed by atoms with Crippen LogP contribution < -0.4 is 10.1 Å². The van der Waals surface area contributed by atoms with Gasteiger partial charge >= 0.3 is 5.97 Å². The second-order valence-corrected chi connectivity index (χ2v) is 10.7. The third-order valence-corrected chi connectivity index (χ3v) is 7.57. The highest BCUT2D eigenvalue weighted by Gasteiger charge is 2.30. The van der Waals surface area contributed by atoms with Crippen LogP contribution in [-0.2, 0) is 4.79 Å². The Kier molecular flexibility index (Phi) is 9.28. The lowest BCUT2D eigenvalue weighted by atomic mass is 9.80. The summed E-state index contributed by atoms with van der Waals surface area (Å²) in [7, 11) is 3.31. The smallest absolute Gasteiger partial charge is 0.305 e. The number of carboxylic acids is 1. The second-order valence-electron chi connectivity index (χ2n) is 10.7. The van der Waals surface area contributed by atoms with Gasteiger partial charge in [0, 0.05) is 36.6 Å². The van der Waals surface area contributed by atoms with Crippen LogP contribution in [0.25, 0.3) is 5.69 Å². The van der Waals surface area contributed by atoms with Crippen molar-refractivity contribution in [2.45, 2.75) is 64.3 Å². The summed E-state index contributed by atoms with van der Waals surface area (Å²) in [6.45, 7) is 4.53. The van der Waals surface area contributed by atoms with Gasteiger partial charge < -0.3 is 20.1 Å². The molecule has 1 fully saturated rings. The zero-order valence-corrected chi connectivity index (χ0v) is 23.4. The molecular weight excluding hydrogens is 492 g/mol. The highest BCUT2D eigenvalue weighted by atomic mass is 16.5. The van der Waals surface area contributed by atoms with Crippen molar-refractivity contribution in [3.8, 4) is 11.4 Å². The van der Waals surface area contributed by atoms with Gasteiger partial charge in [-0.15, -0.1) is 0 Å². The SMILES string of the molecule is COc1ccccc1-n1cc(C(Nc2ccc(C(=O)N(C)CCC(=O)O)cc2)C2CCCCC2)c(C(C)C)n1. The minimum atomic E-state index is -0.919. The Labute approximate surface area is 231 Å². The summed E-state index contributed by atoms with van der Waals surface area (Å²) >= 11 is 0. The third-order valence-electron chi connectivity index (χ3n) is 7.57. The van der Waals surface area contributed by atoms with Gasteiger partial charge in [-0.3, -0.25) is 9.59 Å². The number of benzene rings is 2. The topological polar surface area (TPSA) is 96.7 Å². The first-order valence-corrected chi connectivity index (χ1v) is 13.8. The number of amides is 1. The molecule has 1 aromatic heterocycles. The van der Waals surface area contributed by atoms with Crippen molar-refractivity contribution in [3.05, 3.63) is 71.5 Å². The summed E-state index contributed by atoms with van der Waals surface area (Å²) in [5.41, 5.74) is 4.64. The van der Waals surface area contributed by atoms with Gasteiger partial charge in [-0.1, -0.05) is 45.2 Å². The maximum Gasteiger partial charge on any atom is 0.305 e. The fourth-order valence-electron chi connectivity index (χ4n) is 5.42. The largest absolute Gasteiger partial charge is 0.494 e. The van der Waals surface area contributed by atoms with E-state index in [2.05, 4.69) is 25.4 Å². The zero-order valence-electron chi connectivity index (χ0n) is 23.4. The van der Waals surface area contributed by atoms with Gasteiger partial charge in [0.25, 0.3) is 5.91 Å². The van der Waals surface area contributed by atoms with Crippen LogP contribution in [0.5, 0.6) is 5.75 Å². The molecule has 1 amide bonds. The maximum absolute atomic E-state index is 12.8. The predicted molar refractivity (Wildman–Crippen MR) is 153 cm³/mol. The van der Waals surface area contributed by atoms with Crippen LogP contribution in [0.4, 0.5) is 5.69 Å². The first kappa shape index (κ1) is 28.2. The summed E-state index contributed by atoms with van der Waals surface area (Å²) in [4.78, 5) is 25.1. The maximum atomic E-state index is 12.8. The van der Waals surface area contributed by atoms with Crippen molar-refractivity contribution >= 4 is 17.6 Å². The monoisotopic (exact) mass is 532 g/mol. The van der Waals surface area contributed by atoms with Gasteiger partial charge in [-0.2, -0.15) is 5.10 Å². The van der Waals surface area contributed by atoms with Crippen LogP contribution in [0, 0.1) is 5.92 Å². The van der Waals surface area contributed by atoms with E-state index in [0.29, 0.717) is 11.5 Å². The fraction of sp³-hybridized carbons (Fsp3) is 0.452. The number of hydrogen-bond acceptors (Lipinski definition) is 5. The summed E-state index contributed by atoms with van der Waals surface area (Å²) in [5, 5.41) is 17.8. The lowest BCUT2D eigenvalue weighted by molar-refractivity contribution is -0.137. The second kappa shape index (κ2) is 12.8. The number of aliphatic carboxylic acids is 1. The van der Waals surface area contributed by atoms with E-state index in [0.717, 1.165) is 35.7 Å². The lowest BCUT2D eigenvalue weighted by Crippen LogP contribution is -2.29. The van der Waals surface area contributed by atoms with Crippen LogP contribution in [0.15, 0.2) is 54.7 Å². The first-order valence-electron chi connectivity index (χ1n) is 13.8. The van der Waals surface area contributed by atoms with Crippen molar-refractivity contribution in [1.82, 2.24) is 14.7 Å². The Hall–Kier alpha value is -3.81. The Bertz CT molecular complexity index is 1260. The highest BCUT2D eigenvalue weighted by Crippen LogP contribution is 2.40. The van der Waals surface area contributed by atoms with E-state index in [1.54, 1.807) is 14.2 Å². The molecule has 0 aliphatic heterocycles. The Morgan fingerprint density at radius 2 is 1.79 bits per heavy atom. The molecule has 0 bridgehead atoms. The zero-order chi connectivity index (χ0) is 27.9. The number of nitrogens with one attached hydrogen (secondary N) is 1. The molecule has 3 aromatic rings. The van der Waals surface area contributed by atoms with E-state index < -0.39 is 5.97 Å². The van der Waals surface area contributed by atoms with Crippen molar-refractivity contribution in [2.24, 2.45) is 5.92 Å². The fourth-order valence-corrected chi connectivity index (χ4v) is 5.42. The molecule has 39 heavy (non-hydrogen) atoms. The minimum Gasteiger partial charge on any atom is -0.494 e. The summed E-state index contributed by atoms with van der Waals surface area (Å²) < 4.78 is 7.56. The predicted octanol–water partition coefficient (Wildman–Crippen LogP) is 6.28. The van der Waals surface area contributed by atoms with Gasteiger partial charge in [0.2, 0.25) is 0 Å². The number of rotatable bonds is 11. The van der Waals surface area contributed by atoms with Gasteiger partial charge in [-0.25, -0.2) is 4.68 Å². The number of hydrogen-bond donors (Lipinski definition) is 2. The number of ether oxygens (including phenoxy) is 1. The number of nitrogens with zero attached hydrogens (tertiary/aromatic N) is 3.